The second kappa shape index (κ2) is 9.19. The number of nitrogens with zero attached hydrogens (tertiary/aromatic N) is 1. The molecular formula is C15H22F2N2O3. The molecule has 5 nitrogen and oxygen atoms in total. The Hall–Kier alpha value is -1.89. The van der Waals surface area contributed by atoms with Gasteiger partial charge in [0, 0.05) is 12.7 Å². The molecule has 0 spiro atoms. The van der Waals surface area contributed by atoms with Gasteiger partial charge in [-0.25, -0.2) is 18.6 Å². The monoisotopic (exact) mass is 316 g/mol. The number of carbonyl (C=O) groups is 1. The zero-order valence-corrected chi connectivity index (χ0v) is 13.1. The molecular weight excluding hydrogens is 294 g/mol. The Morgan fingerprint density at radius 3 is 2.68 bits per heavy atom. The van der Waals surface area contributed by atoms with Gasteiger partial charge in [-0.2, -0.15) is 0 Å². The minimum atomic E-state index is -2.68. The Bertz CT molecular complexity index is 484. The standard InChI is InChI=1S/C15H22F2N2O3/c1-4-5-6-9-22-13-8-7-11(10-12(13)14(16)17)18-15(20)19(2)21-3/h7-8,10,14H,4-6,9H2,1-3H3,(H,18,20). The van der Waals surface area contributed by atoms with Crippen LogP contribution in [0.25, 0.3) is 0 Å². The van der Waals surface area contributed by atoms with Gasteiger partial charge in [0.25, 0.3) is 6.43 Å². The molecule has 0 aliphatic carbocycles. The zero-order valence-electron chi connectivity index (χ0n) is 13.1. The summed E-state index contributed by atoms with van der Waals surface area (Å²) in [5.41, 5.74) is 0.0134. The van der Waals surface area contributed by atoms with Gasteiger partial charge in [-0.1, -0.05) is 19.8 Å². The lowest BCUT2D eigenvalue weighted by atomic mass is 10.2. The van der Waals surface area contributed by atoms with Crippen molar-refractivity contribution < 1.29 is 23.1 Å². The molecule has 2 amide bonds. The van der Waals surface area contributed by atoms with E-state index in [2.05, 4.69) is 12.2 Å². The number of halogens is 2. The maximum Gasteiger partial charge on any atom is 0.345 e. The van der Waals surface area contributed by atoms with E-state index in [1.54, 1.807) is 0 Å². The normalized spacial score (nSPS) is 10.6. The first kappa shape index (κ1) is 18.2. The van der Waals surface area contributed by atoms with E-state index >= 15 is 0 Å². The van der Waals surface area contributed by atoms with Crippen LogP contribution in [-0.4, -0.2) is 31.9 Å². The number of hydroxylamine groups is 2. The minimum absolute atomic E-state index is 0.143. The lowest BCUT2D eigenvalue weighted by Crippen LogP contribution is -2.30. The highest BCUT2D eigenvalue weighted by Crippen LogP contribution is 2.31. The van der Waals surface area contributed by atoms with Gasteiger partial charge in [0.1, 0.15) is 5.75 Å². The van der Waals surface area contributed by atoms with Crippen LogP contribution in [0.5, 0.6) is 5.75 Å². The number of hydrogen-bond donors (Lipinski definition) is 1. The van der Waals surface area contributed by atoms with Gasteiger partial charge >= 0.3 is 6.03 Å². The minimum Gasteiger partial charge on any atom is -0.493 e. The number of unbranched alkanes of at least 4 members (excludes halogenated alkanes) is 2. The number of hydrogen-bond acceptors (Lipinski definition) is 3. The summed E-state index contributed by atoms with van der Waals surface area (Å²) in [7, 11) is 2.74. The van der Waals surface area contributed by atoms with Gasteiger partial charge in [0.15, 0.2) is 0 Å². The number of alkyl halides is 2. The molecule has 0 fully saturated rings. The summed E-state index contributed by atoms with van der Waals surface area (Å²) >= 11 is 0. The zero-order chi connectivity index (χ0) is 16.5. The van der Waals surface area contributed by atoms with Crippen molar-refractivity contribution in [1.82, 2.24) is 5.06 Å². The first-order chi connectivity index (χ1) is 10.5. The predicted octanol–water partition coefficient (Wildman–Crippen LogP) is 4.22. The Labute approximate surface area is 129 Å². The molecule has 0 bridgehead atoms. The summed E-state index contributed by atoms with van der Waals surface area (Å²) < 4.78 is 31.6. The Kier molecular flexibility index (Phi) is 7.59. The van der Waals surface area contributed by atoms with Gasteiger partial charge in [-0.15, -0.1) is 0 Å². The lowest BCUT2D eigenvalue weighted by molar-refractivity contribution is -0.0598. The van der Waals surface area contributed by atoms with Crippen molar-refractivity contribution in [1.29, 1.82) is 0 Å². The van der Waals surface area contributed by atoms with Crippen LogP contribution in [0.15, 0.2) is 18.2 Å². The third-order valence-corrected chi connectivity index (χ3v) is 3.06. The van der Waals surface area contributed by atoms with E-state index in [0.717, 1.165) is 24.3 Å². The van der Waals surface area contributed by atoms with Gasteiger partial charge in [-0.05, 0) is 24.6 Å². The van der Waals surface area contributed by atoms with Crippen LogP contribution >= 0.6 is 0 Å². The largest absolute Gasteiger partial charge is 0.493 e. The number of anilines is 1. The van der Waals surface area contributed by atoms with E-state index in [1.807, 2.05) is 0 Å². The fourth-order valence-corrected chi connectivity index (χ4v) is 1.75. The van der Waals surface area contributed by atoms with Crippen molar-refractivity contribution in [3.8, 4) is 5.75 Å². The summed E-state index contributed by atoms with van der Waals surface area (Å²) in [5, 5.41) is 3.42. The summed E-state index contributed by atoms with van der Waals surface area (Å²) in [4.78, 5) is 16.3. The molecule has 0 aliphatic rings. The fraction of sp³-hybridized carbons (Fsp3) is 0.533. The highest BCUT2D eigenvalue weighted by atomic mass is 19.3. The predicted molar refractivity (Wildman–Crippen MR) is 80.2 cm³/mol. The molecule has 124 valence electrons. The SMILES string of the molecule is CCCCCOc1ccc(NC(=O)N(C)OC)cc1C(F)F. The first-order valence-electron chi connectivity index (χ1n) is 7.13. The molecule has 0 aromatic heterocycles. The number of carbonyl (C=O) groups excluding carboxylic acids is 1. The van der Waals surface area contributed by atoms with Crippen LogP contribution in [0.2, 0.25) is 0 Å². The molecule has 7 heteroatoms. The Balaban J connectivity index is 2.78. The molecule has 0 atom stereocenters. The third-order valence-electron chi connectivity index (χ3n) is 3.06. The third kappa shape index (κ3) is 5.48. The van der Waals surface area contributed by atoms with Crippen molar-refractivity contribution >= 4 is 11.7 Å². The number of ether oxygens (including phenoxy) is 1. The van der Waals surface area contributed by atoms with E-state index in [4.69, 9.17) is 9.57 Å². The highest BCUT2D eigenvalue weighted by molar-refractivity contribution is 5.88. The Morgan fingerprint density at radius 2 is 2.09 bits per heavy atom. The number of urea groups is 1. The van der Waals surface area contributed by atoms with Gasteiger partial charge < -0.3 is 10.1 Å². The molecule has 1 aromatic rings. The van der Waals surface area contributed by atoms with Crippen molar-refractivity contribution in [3.05, 3.63) is 23.8 Å². The number of amides is 2. The first-order valence-corrected chi connectivity index (χ1v) is 7.13. The van der Waals surface area contributed by atoms with E-state index < -0.39 is 12.5 Å². The molecule has 0 radical (unpaired) electrons. The molecule has 1 rings (SSSR count). The quantitative estimate of drug-likeness (QED) is 0.577. The summed E-state index contributed by atoms with van der Waals surface area (Å²) in [5.74, 6) is 0.143. The van der Waals surface area contributed by atoms with Crippen molar-refractivity contribution in [2.24, 2.45) is 0 Å². The van der Waals surface area contributed by atoms with Crippen molar-refractivity contribution in [2.45, 2.75) is 32.6 Å². The number of rotatable bonds is 8. The molecule has 0 saturated carbocycles. The summed E-state index contributed by atoms with van der Waals surface area (Å²) in [6.07, 6.45) is 0.152. The summed E-state index contributed by atoms with van der Waals surface area (Å²) in [6.45, 7) is 2.45. The van der Waals surface area contributed by atoms with Crippen LogP contribution in [0.3, 0.4) is 0 Å². The van der Waals surface area contributed by atoms with E-state index in [0.29, 0.717) is 6.61 Å². The second-order valence-electron chi connectivity index (χ2n) is 4.72. The number of benzene rings is 1. The van der Waals surface area contributed by atoms with Crippen molar-refractivity contribution in [3.63, 3.8) is 0 Å². The lowest BCUT2D eigenvalue weighted by Gasteiger charge is -2.16. The van der Waals surface area contributed by atoms with Crippen LogP contribution in [0.1, 0.15) is 38.2 Å². The van der Waals surface area contributed by atoms with E-state index in [1.165, 1.54) is 32.4 Å². The molecule has 0 heterocycles. The fourth-order valence-electron chi connectivity index (χ4n) is 1.75. The topological polar surface area (TPSA) is 50.8 Å². The maximum absolute atomic E-state index is 13.1. The van der Waals surface area contributed by atoms with Crippen LogP contribution in [0.4, 0.5) is 19.3 Å². The van der Waals surface area contributed by atoms with Crippen LogP contribution in [0, 0.1) is 0 Å². The van der Waals surface area contributed by atoms with E-state index in [-0.39, 0.29) is 17.0 Å². The van der Waals surface area contributed by atoms with Crippen LogP contribution < -0.4 is 10.1 Å². The Morgan fingerprint density at radius 1 is 1.36 bits per heavy atom. The van der Waals surface area contributed by atoms with Gasteiger partial charge in [-0.3, -0.25) is 4.84 Å². The molecule has 22 heavy (non-hydrogen) atoms. The molecule has 0 saturated heterocycles. The van der Waals surface area contributed by atoms with Crippen LogP contribution in [-0.2, 0) is 4.84 Å². The average molecular weight is 316 g/mol. The molecule has 0 unspecified atom stereocenters. The smallest absolute Gasteiger partial charge is 0.345 e. The van der Waals surface area contributed by atoms with Gasteiger partial charge in [0.05, 0.1) is 19.3 Å². The number of nitrogens with one attached hydrogen (secondary N) is 1. The summed E-state index contributed by atoms with van der Waals surface area (Å²) in [6, 6.07) is 3.61. The second-order valence-corrected chi connectivity index (χ2v) is 4.72. The van der Waals surface area contributed by atoms with Gasteiger partial charge in [0.2, 0.25) is 0 Å². The maximum atomic E-state index is 13.1. The molecule has 1 N–H and O–H groups in total. The molecule has 1 aromatic carbocycles. The highest BCUT2D eigenvalue weighted by Gasteiger charge is 2.16. The average Bonchev–Trinajstić information content (AvgIpc) is 2.51. The van der Waals surface area contributed by atoms with Crippen molar-refractivity contribution in [2.75, 3.05) is 26.1 Å². The molecule has 0 aliphatic heterocycles. The van der Waals surface area contributed by atoms with E-state index in [9.17, 15) is 13.6 Å².